The van der Waals surface area contributed by atoms with Gasteiger partial charge in [-0.1, -0.05) is 24.6 Å². The molecular formula is C11H16ClNO. The second-order valence-corrected chi connectivity index (χ2v) is 3.57. The lowest BCUT2D eigenvalue weighted by atomic mass is 10.1. The van der Waals surface area contributed by atoms with Crippen molar-refractivity contribution in [1.29, 1.82) is 0 Å². The topological polar surface area (TPSA) is 35.2 Å². The van der Waals surface area contributed by atoms with Gasteiger partial charge >= 0.3 is 0 Å². The Labute approximate surface area is 90.0 Å². The molecule has 0 aliphatic heterocycles. The van der Waals surface area contributed by atoms with Gasteiger partial charge in [0.2, 0.25) is 0 Å². The fourth-order valence-electron chi connectivity index (χ4n) is 1.49. The predicted octanol–water partition coefficient (Wildman–Crippen LogP) is 2.41. The molecule has 2 N–H and O–H groups in total. The van der Waals surface area contributed by atoms with Gasteiger partial charge in [-0.2, -0.15) is 0 Å². The summed E-state index contributed by atoms with van der Waals surface area (Å²) < 4.78 is 5.24. The summed E-state index contributed by atoms with van der Waals surface area (Å²) in [6, 6.07) is 4.05. The third-order valence-electron chi connectivity index (χ3n) is 2.21. The van der Waals surface area contributed by atoms with E-state index in [4.69, 9.17) is 22.1 Å². The Balaban J connectivity index is 3.13. The summed E-state index contributed by atoms with van der Waals surface area (Å²) in [5.41, 5.74) is 7.85. The summed E-state index contributed by atoms with van der Waals surface area (Å²) in [5, 5.41) is 0.676. The Bertz CT molecular complexity index is 312. The third-order valence-corrected chi connectivity index (χ3v) is 2.49. The normalized spacial score (nSPS) is 10.3. The van der Waals surface area contributed by atoms with Crippen LogP contribution in [0.2, 0.25) is 5.02 Å². The van der Waals surface area contributed by atoms with Crippen LogP contribution in [0, 0.1) is 0 Å². The molecule has 0 fully saturated rings. The van der Waals surface area contributed by atoms with Gasteiger partial charge in [0, 0.05) is 0 Å². The van der Waals surface area contributed by atoms with Crippen LogP contribution in [0.3, 0.4) is 0 Å². The minimum Gasteiger partial charge on any atom is -0.495 e. The second kappa shape index (κ2) is 5.23. The summed E-state index contributed by atoms with van der Waals surface area (Å²) in [7, 11) is 1.63. The van der Waals surface area contributed by atoms with Gasteiger partial charge in [-0.05, 0) is 36.6 Å². The minimum absolute atomic E-state index is 0.611. The van der Waals surface area contributed by atoms with Crippen molar-refractivity contribution < 1.29 is 4.74 Å². The summed E-state index contributed by atoms with van der Waals surface area (Å²) in [4.78, 5) is 0. The molecule has 0 aliphatic carbocycles. The van der Waals surface area contributed by atoms with E-state index < -0.39 is 0 Å². The molecule has 0 unspecified atom stereocenters. The highest BCUT2D eigenvalue weighted by Gasteiger charge is 2.08. The molecule has 14 heavy (non-hydrogen) atoms. The molecule has 78 valence electrons. The summed E-state index contributed by atoms with van der Waals surface area (Å²) in [6.45, 7) is 2.71. The van der Waals surface area contributed by atoms with E-state index in [1.165, 1.54) is 5.56 Å². The van der Waals surface area contributed by atoms with Crippen LogP contribution in [0.4, 0.5) is 0 Å². The van der Waals surface area contributed by atoms with Crippen molar-refractivity contribution >= 4 is 11.6 Å². The first-order valence-corrected chi connectivity index (χ1v) is 5.16. The van der Waals surface area contributed by atoms with E-state index in [-0.39, 0.29) is 0 Å². The van der Waals surface area contributed by atoms with Crippen molar-refractivity contribution in [3.05, 3.63) is 28.3 Å². The van der Waals surface area contributed by atoms with Gasteiger partial charge < -0.3 is 10.5 Å². The van der Waals surface area contributed by atoms with E-state index in [2.05, 4.69) is 13.0 Å². The molecule has 2 nitrogen and oxygen atoms in total. The lowest BCUT2D eigenvalue weighted by molar-refractivity contribution is 0.410. The molecule has 0 aromatic heterocycles. The molecule has 3 heteroatoms. The number of methoxy groups -OCH3 is 1. The highest BCUT2D eigenvalue weighted by molar-refractivity contribution is 6.32. The predicted molar refractivity (Wildman–Crippen MR) is 60.1 cm³/mol. The zero-order valence-electron chi connectivity index (χ0n) is 8.64. The summed E-state index contributed by atoms with van der Waals surface area (Å²) in [6.07, 6.45) is 1.78. The quantitative estimate of drug-likeness (QED) is 0.834. The van der Waals surface area contributed by atoms with Crippen LogP contribution in [0.15, 0.2) is 12.1 Å². The highest BCUT2D eigenvalue weighted by Crippen LogP contribution is 2.30. The number of hydrogen-bond donors (Lipinski definition) is 1. The Morgan fingerprint density at radius 3 is 2.64 bits per heavy atom. The van der Waals surface area contributed by atoms with E-state index in [0.717, 1.165) is 24.2 Å². The molecule has 0 saturated heterocycles. The lowest BCUT2D eigenvalue weighted by Crippen LogP contribution is -2.05. The van der Waals surface area contributed by atoms with Crippen LogP contribution in [0.1, 0.15) is 18.1 Å². The fourth-order valence-corrected chi connectivity index (χ4v) is 1.83. The Morgan fingerprint density at radius 1 is 1.43 bits per heavy atom. The Kier molecular flexibility index (Phi) is 4.23. The van der Waals surface area contributed by atoms with Crippen LogP contribution in [0.25, 0.3) is 0 Å². The molecule has 0 heterocycles. The molecule has 0 bridgehead atoms. The first-order valence-electron chi connectivity index (χ1n) is 4.78. The monoisotopic (exact) mass is 213 g/mol. The van der Waals surface area contributed by atoms with Crippen LogP contribution in [-0.2, 0) is 12.8 Å². The molecule has 1 aromatic rings. The van der Waals surface area contributed by atoms with E-state index in [0.29, 0.717) is 11.6 Å². The second-order valence-electron chi connectivity index (χ2n) is 3.16. The number of ether oxygens (including phenoxy) is 1. The largest absolute Gasteiger partial charge is 0.495 e. The molecule has 0 saturated carbocycles. The molecule has 0 aliphatic rings. The maximum Gasteiger partial charge on any atom is 0.140 e. The molecule has 0 spiro atoms. The van der Waals surface area contributed by atoms with Crippen molar-refractivity contribution in [3.63, 3.8) is 0 Å². The van der Waals surface area contributed by atoms with Crippen LogP contribution >= 0.6 is 11.6 Å². The van der Waals surface area contributed by atoms with Crippen LogP contribution in [0.5, 0.6) is 5.75 Å². The molecule has 1 aromatic carbocycles. The van der Waals surface area contributed by atoms with Crippen molar-refractivity contribution in [3.8, 4) is 5.75 Å². The summed E-state index contributed by atoms with van der Waals surface area (Å²) in [5.74, 6) is 0.759. The van der Waals surface area contributed by atoms with Crippen molar-refractivity contribution in [2.75, 3.05) is 13.7 Å². The van der Waals surface area contributed by atoms with E-state index >= 15 is 0 Å². The van der Waals surface area contributed by atoms with Crippen LogP contribution in [-0.4, -0.2) is 13.7 Å². The SMILES string of the molecule is CCc1cc(Cl)c(OC)c(CCN)c1. The lowest BCUT2D eigenvalue weighted by Gasteiger charge is -2.11. The highest BCUT2D eigenvalue weighted by atomic mass is 35.5. The van der Waals surface area contributed by atoms with Crippen molar-refractivity contribution in [2.45, 2.75) is 19.8 Å². The van der Waals surface area contributed by atoms with Gasteiger partial charge in [-0.25, -0.2) is 0 Å². The maximum absolute atomic E-state index is 6.08. The average Bonchev–Trinajstić information content (AvgIpc) is 2.18. The molecule has 0 amide bonds. The zero-order valence-corrected chi connectivity index (χ0v) is 9.40. The number of aryl methyl sites for hydroxylation is 1. The Hall–Kier alpha value is -0.730. The van der Waals surface area contributed by atoms with E-state index in [1.807, 2.05) is 6.07 Å². The number of hydrogen-bond acceptors (Lipinski definition) is 2. The fraction of sp³-hybridized carbons (Fsp3) is 0.455. The van der Waals surface area contributed by atoms with Crippen molar-refractivity contribution in [2.24, 2.45) is 5.73 Å². The molecule has 1 rings (SSSR count). The van der Waals surface area contributed by atoms with Gasteiger partial charge in [-0.3, -0.25) is 0 Å². The summed E-state index contributed by atoms with van der Waals surface area (Å²) >= 11 is 6.08. The molecular weight excluding hydrogens is 198 g/mol. The minimum atomic E-state index is 0.611. The van der Waals surface area contributed by atoms with Crippen LogP contribution < -0.4 is 10.5 Å². The molecule has 0 atom stereocenters. The maximum atomic E-state index is 6.08. The number of benzene rings is 1. The smallest absolute Gasteiger partial charge is 0.140 e. The van der Waals surface area contributed by atoms with Crippen molar-refractivity contribution in [1.82, 2.24) is 0 Å². The van der Waals surface area contributed by atoms with Gasteiger partial charge in [0.15, 0.2) is 0 Å². The average molecular weight is 214 g/mol. The Morgan fingerprint density at radius 2 is 2.14 bits per heavy atom. The number of halogens is 1. The van der Waals surface area contributed by atoms with Gasteiger partial charge in [-0.15, -0.1) is 0 Å². The first kappa shape index (κ1) is 11.3. The zero-order chi connectivity index (χ0) is 10.6. The van der Waals surface area contributed by atoms with E-state index in [9.17, 15) is 0 Å². The van der Waals surface area contributed by atoms with E-state index in [1.54, 1.807) is 7.11 Å². The standard InChI is InChI=1S/C11H16ClNO/c1-3-8-6-9(4-5-13)11(14-2)10(12)7-8/h6-7H,3-5,13H2,1-2H3. The molecule has 0 radical (unpaired) electrons. The van der Waals surface area contributed by atoms with Gasteiger partial charge in [0.1, 0.15) is 5.75 Å². The number of nitrogens with two attached hydrogens (primary N) is 1. The third kappa shape index (κ3) is 2.40. The number of rotatable bonds is 4. The van der Waals surface area contributed by atoms with Gasteiger partial charge in [0.05, 0.1) is 12.1 Å². The van der Waals surface area contributed by atoms with Gasteiger partial charge in [0.25, 0.3) is 0 Å². The first-order chi connectivity index (χ1) is 6.72.